The van der Waals surface area contributed by atoms with Crippen LogP contribution in [0.2, 0.25) is 5.02 Å². The van der Waals surface area contributed by atoms with E-state index in [1.54, 1.807) is 13.3 Å². The summed E-state index contributed by atoms with van der Waals surface area (Å²) in [5.41, 5.74) is 3.39. The fourth-order valence-electron chi connectivity index (χ4n) is 2.17. The summed E-state index contributed by atoms with van der Waals surface area (Å²) >= 11 is 6.01. The minimum Gasteiger partial charge on any atom is -0.495 e. The maximum atomic E-state index is 6.01. The Balaban J connectivity index is 2.43. The number of hydrogen-bond acceptors (Lipinski definition) is 3. The van der Waals surface area contributed by atoms with Gasteiger partial charge in [0.15, 0.2) is 0 Å². The number of methoxy groups -OCH3 is 1. The summed E-state index contributed by atoms with van der Waals surface area (Å²) < 4.78 is 5.22. The third kappa shape index (κ3) is 3.06. The van der Waals surface area contributed by atoms with Gasteiger partial charge >= 0.3 is 0 Å². The van der Waals surface area contributed by atoms with Crippen LogP contribution in [0.25, 0.3) is 0 Å². The highest BCUT2D eigenvalue weighted by Gasteiger charge is 2.15. The molecule has 0 radical (unpaired) electrons. The van der Waals surface area contributed by atoms with Crippen molar-refractivity contribution in [2.45, 2.75) is 13.0 Å². The summed E-state index contributed by atoms with van der Waals surface area (Å²) in [7, 11) is 3.57. The van der Waals surface area contributed by atoms with E-state index in [4.69, 9.17) is 16.3 Å². The number of ether oxygens (including phenoxy) is 1. The Hall–Kier alpha value is -1.58. The molecule has 0 spiro atoms. The number of aryl methyl sites for hydroxylation is 1. The minimum absolute atomic E-state index is 0.0693. The Morgan fingerprint density at radius 1 is 1.26 bits per heavy atom. The molecular formula is C15H17ClN2O. The molecule has 0 saturated carbocycles. The third-order valence-corrected chi connectivity index (χ3v) is 3.37. The average Bonchev–Trinajstić information content (AvgIpc) is 2.42. The first-order valence-electron chi connectivity index (χ1n) is 6.08. The van der Waals surface area contributed by atoms with Gasteiger partial charge < -0.3 is 10.1 Å². The van der Waals surface area contributed by atoms with Gasteiger partial charge in [-0.25, -0.2) is 0 Å². The number of halogens is 1. The lowest BCUT2D eigenvalue weighted by Gasteiger charge is -2.19. The summed E-state index contributed by atoms with van der Waals surface area (Å²) in [4.78, 5) is 4.21. The van der Waals surface area contributed by atoms with Gasteiger partial charge in [0.25, 0.3) is 0 Å². The zero-order valence-corrected chi connectivity index (χ0v) is 12.0. The van der Waals surface area contributed by atoms with Crippen LogP contribution < -0.4 is 10.1 Å². The topological polar surface area (TPSA) is 34.2 Å². The van der Waals surface area contributed by atoms with Crippen LogP contribution in [0, 0.1) is 6.92 Å². The second-order valence-corrected chi connectivity index (χ2v) is 4.82. The molecule has 0 aliphatic carbocycles. The van der Waals surface area contributed by atoms with Crippen LogP contribution in [0.15, 0.2) is 36.7 Å². The number of aromatic nitrogens is 1. The van der Waals surface area contributed by atoms with Gasteiger partial charge in [-0.15, -0.1) is 0 Å². The second kappa shape index (κ2) is 6.04. The van der Waals surface area contributed by atoms with Gasteiger partial charge in [0.05, 0.1) is 19.3 Å². The summed E-state index contributed by atoms with van der Waals surface area (Å²) in [6.45, 7) is 2.05. The predicted molar refractivity (Wildman–Crippen MR) is 77.9 cm³/mol. The van der Waals surface area contributed by atoms with Crippen molar-refractivity contribution in [3.05, 3.63) is 58.4 Å². The molecule has 1 N–H and O–H groups in total. The molecule has 100 valence electrons. The largest absolute Gasteiger partial charge is 0.495 e. The van der Waals surface area contributed by atoms with Crippen LogP contribution in [0.4, 0.5) is 0 Å². The van der Waals surface area contributed by atoms with Crippen molar-refractivity contribution in [1.82, 2.24) is 10.3 Å². The van der Waals surface area contributed by atoms with Crippen molar-refractivity contribution in [1.29, 1.82) is 0 Å². The van der Waals surface area contributed by atoms with Crippen molar-refractivity contribution < 1.29 is 4.74 Å². The molecule has 0 aliphatic rings. The van der Waals surface area contributed by atoms with E-state index < -0.39 is 0 Å². The van der Waals surface area contributed by atoms with E-state index in [0.29, 0.717) is 0 Å². The average molecular weight is 277 g/mol. The first-order valence-corrected chi connectivity index (χ1v) is 6.45. The molecule has 4 heteroatoms. The molecule has 1 atom stereocenters. The molecule has 3 nitrogen and oxygen atoms in total. The summed E-state index contributed by atoms with van der Waals surface area (Å²) in [6.07, 6.45) is 3.54. The van der Waals surface area contributed by atoms with Gasteiger partial charge in [-0.3, -0.25) is 4.98 Å². The number of benzene rings is 1. The lowest BCUT2D eigenvalue weighted by Crippen LogP contribution is -2.19. The van der Waals surface area contributed by atoms with Crippen LogP contribution in [-0.2, 0) is 0 Å². The van der Waals surface area contributed by atoms with E-state index in [1.165, 1.54) is 5.56 Å². The van der Waals surface area contributed by atoms with Crippen molar-refractivity contribution in [3.8, 4) is 5.75 Å². The monoisotopic (exact) mass is 276 g/mol. The molecule has 1 unspecified atom stereocenters. The maximum Gasteiger partial charge on any atom is 0.137 e. The zero-order valence-electron chi connectivity index (χ0n) is 11.3. The number of hydrogen-bond donors (Lipinski definition) is 1. The fraction of sp³-hybridized carbons (Fsp3) is 0.267. The van der Waals surface area contributed by atoms with Gasteiger partial charge in [-0.05, 0) is 48.9 Å². The van der Waals surface area contributed by atoms with E-state index >= 15 is 0 Å². The van der Waals surface area contributed by atoms with E-state index in [1.807, 2.05) is 37.5 Å². The molecular weight excluding hydrogens is 260 g/mol. The van der Waals surface area contributed by atoms with Gasteiger partial charge in [0.2, 0.25) is 0 Å². The van der Waals surface area contributed by atoms with E-state index in [0.717, 1.165) is 21.9 Å². The smallest absolute Gasteiger partial charge is 0.137 e. The molecule has 2 aromatic rings. The van der Waals surface area contributed by atoms with E-state index in [2.05, 4.69) is 17.2 Å². The standard InChI is InChI=1S/C15H17ClN2O/c1-10-6-12(16)4-5-14(10)15(17-2)11-7-13(19-3)9-18-8-11/h4-9,15,17H,1-3H3. The molecule has 19 heavy (non-hydrogen) atoms. The Morgan fingerprint density at radius 3 is 2.68 bits per heavy atom. The van der Waals surface area contributed by atoms with Crippen LogP contribution in [0.5, 0.6) is 5.75 Å². The minimum atomic E-state index is 0.0693. The highest BCUT2D eigenvalue weighted by atomic mass is 35.5. The molecule has 0 bridgehead atoms. The summed E-state index contributed by atoms with van der Waals surface area (Å²) in [5.74, 6) is 0.754. The van der Waals surface area contributed by atoms with Crippen LogP contribution in [-0.4, -0.2) is 19.1 Å². The Morgan fingerprint density at radius 2 is 2.05 bits per heavy atom. The SMILES string of the molecule is CNC(c1cncc(OC)c1)c1ccc(Cl)cc1C. The van der Waals surface area contributed by atoms with Crippen LogP contribution >= 0.6 is 11.6 Å². The van der Waals surface area contributed by atoms with Gasteiger partial charge in [-0.2, -0.15) is 0 Å². The zero-order chi connectivity index (χ0) is 13.8. The van der Waals surface area contributed by atoms with Gasteiger partial charge in [-0.1, -0.05) is 17.7 Å². The number of rotatable bonds is 4. The highest BCUT2D eigenvalue weighted by Crippen LogP contribution is 2.27. The number of pyridine rings is 1. The first-order chi connectivity index (χ1) is 9.15. The Kier molecular flexibility index (Phi) is 4.40. The van der Waals surface area contributed by atoms with Crippen LogP contribution in [0.3, 0.4) is 0 Å². The van der Waals surface area contributed by atoms with Crippen molar-refractivity contribution in [2.24, 2.45) is 0 Å². The molecule has 0 aliphatic heterocycles. The fourth-order valence-corrected chi connectivity index (χ4v) is 2.40. The Labute approximate surface area is 118 Å². The predicted octanol–water partition coefficient (Wildman–Crippen LogP) is 3.36. The quantitative estimate of drug-likeness (QED) is 0.930. The molecule has 0 fully saturated rings. The van der Waals surface area contributed by atoms with Crippen LogP contribution in [0.1, 0.15) is 22.7 Å². The molecule has 0 saturated heterocycles. The van der Waals surface area contributed by atoms with E-state index in [9.17, 15) is 0 Å². The molecule has 1 aromatic carbocycles. The van der Waals surface area contributed by atoms with E-state index in [-0.39, 0.29) is 6.04 Å². The molecule has 1 aromatic heterocycles. The molecule has 2 rings (SSSR count). The van der Waals surface area contributed by atoms with Crippen molar-refractivity contribution in [3.63, 3.8) is 0 Å². The lowest BCUT2D eigenvalue weighted by molar-refractivity contribution is 0.411. The second-order valence-electron chi connectivity index (χ2n) is 4.38. The maximum absolute atomic E-state index is 6.01. The van der Waals surface area contributed by atoms with Gasteiger partial charge in [0, 0.05) is 11.2 Å². The normalized spacial score (nSPS) is 12.2. The number of nitrogens with zero attached hydrogens (tertiary/aromatic N) is 1. The summed E-state index contributed by atoms with van der Waals surface area (Å²) in [6, 6.07) is 7.97. The third-order valence-electron chi connectivity index (χ3n) is 3.13. The van der Waals surface area contributed by atoms with Crippen molar-refractivity contribution in [2.75, 3.05) is 14.2 Å². The van der Waals surface area contributed by atoms with Crippen molar-refractivity contribution >= 4 is 11.6 Å². The first kappa shape index (κ1) is 13.8. The summed E-state index contributed by atoms with van der Waals surface area (Å²) in [5, 5.41) is 4.06. The highest BCUT2D eigenvalue weighted by molar-refractivity contribution is 6.30. The van der Waals surface area contributed by atoms with Gasteiger partial charge in [0.1, 0.15) is 5.75 Å². The lowest BCUT2D eigenvalue weighted by atomic mass is 9.96. The molecule has 1 heterocycles. The molecule has 0 amide bonds. The Bertz CT molecular complexity index is 572. The number of nitrogens with one attached hydrogen (secondary N) is 1.